The second-order valence-corrected chi connectivity index (χ2v) is 7.73. The van der Waals surface area contributed by atoms with Gasteiger partial charge in [-0.3, -0.25) is 4.79 Å². The van der Waals surface area contributed by atoms with Crippen molar-refractivity contribution in [1.29, 1.82) is 5.26 Å². The highest BCUT2D eigenvalue weighted by atomic mass is 32.1. The minimum Gasteiger partial charge on any atom is -0.350 e. The Morgan fingerprint density at radius 1 is 1.32 bits per heavy atom. The lowest BCUT2D eigenvalue weighted by Crippen LogP contribution is -2.32. The largest absolute Gasteiger partial charge is 0.350 e. The molecule has 2 aromatic heterocycles. The number of carbonyl (C=O) groups excluding carboxylic acids is 1. The molecule has 9 heteroatoms. The molecule has 1 amide bonds. The van der Waals surface area contributed by atoms with Gasteiger partial charge in [-0.05, 0) is 12.3 Å². The van der Waals surface area contributed by atoms with E-state index in [1.807, 2.05) is 27.0 Å². The van der Waals surface area contributed by atoms with E-state index in [9.17, 15) is 18.8 Å². The van der Waals surface area contributed by atoms with Gasteiger partial charge in [0.1, 0.15) is 5.69 Å². The van der Waals surface area contributed by atoms with Gasteiger partial charge in [0, 0.05) is 23.6 Å². The molecular formula is C16H17F2N5OS. The van der Waals surface area contributed by atoms with Crippen LogP contribution in [0.15, 0.2) is 12.1 Å². The number of aromatic nitrogens is 2. The number of aryl methyl sites for hydroxylation is 1. The molecule has 0 unspecified atom stereocenters. The number of carbonyl (C=O) groups is 1. The SMILES string of the molecule is Cc1sc(N(C#N)c2cc(F)nc(F)c2)nc1C(=O)NCC(C)(C)C. The van der Waals surface area contributed by atoms with Crippen LogP contribution in [0.25, 0.3) is 0 Å². The zero-order chi connectivity index (χ0) is 18.8. The number of nitrogens with zero attached hydrogens (tertiary/aromatic N) is 4. The maximum Gasteiger partial charge on any atom is 0.271 e. The van der Waals surface area contributed by atoms with Gasteiger partial charge in [0.15, 0.2) is 6.19 Å². The molecule has 2 heterocycles. The second kappa shape index (κ2) is 7.11. The average Bonchev–Trinajstić information content (AvgIpc) is 2.85. The van der Waals surface area contributed by atoms with E-state index >= 15 is 0 Å². The zero-order valence-corrected chi connectivity index (χ0v) is 15.0. The highest BCUT2D eigenvalue weighted by Gasteiger charge is 2.22. The van der Waals surface area contributed by atoms with Gasteiger partial charge >= 0.3 is 0 Å². The summed E-state index contributed by atoms with van der Waals surface area (Å²) in [7, 11) is 0. The normalized spacial score (nSPS) is 11.1. The fourth-order valence-electron chi connectivity index (χ4n) is 1.91. The predicted molar refractivity (Wildman–Crippen MR) is 90.5 cm³/mol. The standard InChI is InChI=1S/C16H17F2N5OS/c1-9-13(14(24)20-7-16(2,3)4)22-15(25-9)23(8-19)10-5-11(17)21-12(18)6-10/h5-6H,7H2,1-4H3,(H,20,24). The lowest BCUT2D eigenvalue weighted by molar-refractivity contribution is 0.0934. The number of amides is 1. The van der Waals surface area contributed by atoms with Gasteiger partial charge in [-0.15, -0.1) is 11.3 Å². The van der Waals surface area contributed by atoms with E-state index in [0.29, 0.717) is 11.4 Å². The van der Waals surface area contributed by atoms with Crippen LogP contribution in [0.2, 0.25) is 0 Å². The molecule has 0 aliphatic carbocycles. The van der Waals surface area contributed by atoms with Crippen LogP contribution in [-0.2, 0) is 0 Å². The lowest BCUT2D eigenvalue weighted by Gasteiger charge is -2.18. The van der Waals surface area contributed by atoms with E-state index in [0.717, 1.165) is 28.4 Å². The third-order valence-electron chi connectivity index (χ3n) is 3.08. The Bertz CT molecular complexity index is 818. The molecule has 2 aromatic rings. The van der Waals surface area contributed by atoms with Crippen molar-refractivity contribution in [3.05, 3.63) is 34.6 Å². The van der Waals surface area contributed by atoms with Crippen LogP contribution < -0.4 is 10.2 Å². The average molecular weight is 365 g/mol. The molecule has 0 aliphatic rings. The number of anilines is 2. The van der Waals surface area contributed by atoms with Gasteiger partial charge in [0.25, 0.3) is 5.91 Å². The van der Waals surface area contributed by atoms with Crippen LogP contribution in [0.4, 0.5) is 19.6 Å². The summed E-state index contributed by atoms with van der Waals surface area (Å²) in [5.74, 6) is -2.46. The summed E-state index contributed by atoms with van der Waals surface area (Å²) in [6.45, 7) is 8.10. The second-order valence-electron chi connectivity index (χ2n) is 6.55. The first kappa shape index (κ1) is 18.7. The van der Waals surface area contributed by atoms with Gasteiger partial charge in [-0.1, -0.05) is 20.8 Å². The van der Waals surface area contributed by atoms with Crippen LogP contribution in [0.3, 0.4) is 0 Å². The number of halogens is 2. The first-order valence-corrected chi connectivity index (χ1v) is 8.21. The molecule has 6 nitrogen and oxygen atoms in total. The van der Waals surface area contributed by atoms with E-state index in [2.05, 4.69) is 15.3 Å². The molecule has 0 saturated heterocycles. The number of hydrogen-bond acceptors (Lipinski definition) is 6. The van der Waals surface area contributed by atoms with Gasteiger partial charge < -0.3 is 5.32 Å². The Labute approximate surface area is 148 Å². The quantitative estimate of drug-likeness (QED) is 0.509. The Kier molecular flexibility index (Phi) is 5.33. The minimum atomic E-state index is -1.05. The van der Waals surface area contributed by atoms with Gasteiger partial charge in [0.05, 0.1) is 5.69 Å². The Morgan fingerprint density at radius 3 is 2.44 bits per heavy atom. The molecule has 2 rings (SSSR count). The maximum atomic E-state index is 13.3. The third kappa shape index (κ3) is 4.70. The van der Waals surface area contributed by atoms with E-state index < -0.39 is 11.9 Å². The van der Waals surface area contributed by atoms with E-state index in [4.69, 9.17) is 0 Å². The topological polar surface area (TPSA) is 81.9 Å². The molecule has 0 saturated carbocycles. The molecular weight excluding hydrogens is 348 g/mol. The van der Waals surface area contributed by atoms with Crippen molar-refractivity contribution in [1.82, 2.24) is 15.3 Å². The summed E-state index contributed by atoms with van der Waals surface area (Å²) in [6, 6.07) is 1.84. The summed E-state index contributed by atoms with van der Waals surface area (Å²) in [4.78, 5) is 21.0. The van der Waals surface area contributed by atoms with Crippen LogP contribution in [0.5, 0.6) is 0 Å². The Hall–Kier alpha value is -2.60. The van der Waals surface area contributed by atoms with Crippen molar-refractivity contribution in [3.63, 3.8) is 0 Å². The summed E-state index contributed by atoms with van der Waals surface area (Å²) < 4.78 is 26.6. The highest BCUT2D eigenvalue weighted by molar-refractivity contribution is 7.16. The lowest BCUT2D eigenvalue weighted by atomic mass is 9.97. The number of thiazole rings is 1. The molecule has 132 valence electrons. The van der Waals surface area contributed by atoms with E-state index in [-0.39, 0.29) is 27.8 Å². The van der Waals surface area contributed by atoms with Crippen LogP contribution in [0.1, 0.15) is 36.1 Å². The number of pyridine rings is 1. The number of nitriles is 1. The molecule has 25 heavy (non-hydrogen) atoms. The van der Waals surface area contributed by atoms with E-state index in [1.165, 1.54) is 0 Å². The van der Waals surface area contributed by atoms with Crippen molar-refractivity contribution >= 4 is 28.1 Å². The minimum absolute atomic E-state index is 0.0529. The van der Waals surface area contributed by atoms with Crippen molar-refractivity contribution in [2.75, 3.05) is 11.4 Å². The van der Waals surface area contributed by atoms with Gasteiger partial charge in [-0.2, -0.15) is 19.0 Å². The van der Waals surface area contributed by atoms with E-state index in [1.54, 1.807) is 6.92 Å². The van der Waals surface area contributed by atoms with Crippen LogP contribution >= 0.6 is 11.3 Å². The fraction of sp³-hybridized carbons (Fsp3) is 0.375. The Balaban J connectivity index is 2.31. The zero-order valence-electron chi connectivity index (χ0n) is 14.2. The molecule has 1 N–H and O–H groups in total. The number of rotatable bonds is 4. The first-order chi connectivity index (χ1) is 11.6. The number of nitrogens with one attached hydrogen (secondary N) is 1. The summed E-state index contributed by atoms with van der Waals surface area (Å²) in [5.41, 5.74) is 0.0371. The van der Waals surface area contributed by atoms with Gasteiger partial charge in [-0.25, -0.2) is 9.88 Å². The Morgan fingerprint density at radius 2 is 1.92 bits per heavy atom. The molecule has 0 atom stereocenters. The summed E-state index contributed by atoms with van der Waals surface area (Å²) in [5, 5.41) is 12.3. The fourth-order valence-corrected chi connectivity index (χ4v) is 2.79. The molecule has 0 aromatic carbocycles. The number of hydrogen-bond donors (Lipinski definition) is 1. The van der Waals surface area contributed by atoms with Crippen molar-refractivity contribution in [3.8, 4) is 6.19 Å². The van der Waals surface area contributed by atoms with Crippen LogP contribution in [0, 0.1) is 35.7 Å². The smallest absolute Gasteiger partial charge is 0.271 e. The van der Waals surface area contributed by atoms with Crippen LogP contribution in [-0.4, -0.2) is 22.4 Å². The monoisotopic (exact) mass is 365 g/mol. The predicted octanol–water partition coefficient (Wildman–Crippen LogP) is 3.52. The maximum absolute atomic E-state index is 13.3. The van der Waals surface area contributed by atoms with Crippen molar-refractivity contribution in [2.24, 2.45) is 5.41 Å². The first-order valence-electron chi connectivity index (χ1n) is 7.39. The van der Waals surface area contributed by atoms with Gasteiger partial charge in [0.2, 0.25) is 17.0 Å². The summed E-state index contributed by atoms with van der Waals surface area (Å²) >= 11 is 1.08. The summed E-state index contributed by atoms with van der Waals surface area (Å²) in [6.07, 6.45) is 1.81. The molecule has 0 radical (unpaired) electrons. The van der Waals surface area contributed by atoms with Crippen molar-refractivity contribution in [2.45, 2.75) is 27.7 Å². The highest BCUT2D eigenvalue weighted by Crippen LogP contribution is 2.31. The molecule has 0 bridgehead atoms. The van der Waals surface area contributed by atoms with Crippen molar-refractivity contribution < 1.29 is 13.6 Å². The third-order valence-corrected chi connectivity index (χ3v) is 4.03. The molecule has 0 aliphatic heterocycles. The molecule has 0 spiro atoms. The molecule has 0 fully saturated rings.